The van der Waals surface area contributed by atoms with Crippen molar-refractivity contribution in [1.82, 2.24) is 9.80 Å². The van der Waals surface area contributed by atoms with Gasteiger partial charge in [0.25, 0.3) is 0 Å². The van der Waals surface area contributed by atoms with E-state index in [1.54, 1.807) is 7.11 Å². The van der Waals surface area contributed by atoms with E-state index in [9.17, 15) is 9.59 Å². The van der Waals surface area contributed by atoms with Gasteiger partial charge in [-0.25, -0.2) is 0 Å². The summed E-state index contributed by atoms with van der Waals surface area (Å²) in [6, 6.07) is 7.13. The number of piperidine rings is 1. The Labute approximate surface area is 180 Å². The van der Waals surface area contributed by atoms with Crippen LogP contribution in [-0.2, 0) is 16.0 Å². The first-order chi connectivity index (χ1) is 13.3. The minimum absolute atomic E-state index is 0. The highest BCUT2D eigenvalue weighted by atomic mass is 35.5. The maximum Gasteiger partial charge on any atom is 0.239 e. The summed E-state index contributed by atoms with van der Waals surface area (Å²) >= 11 is 0. The van der Waals surface area contributed by atoms with E-state index < -0.39 is 6.04 Å². The molecule has 1 aromatic carbocycles. The first kappa shape index (κ1) is 23.5. The number of ether oxygens (including phenoxy) is 1. The van der Waals surface area contributed by atoms with Crippen molar-refractivity contribution in [3.8, 4) is 5.75 Å². The number of carbonyl (C=O) groups is 2. The molecule has 2 N–H and O–H groups in total. The molecule has 0 aromatic heterocycles. The van der Waals surface area contributed by atoms with Crippen LogP contribution < -0.4 is 10.5 Å². The molecule has 0 saturated carbocycles. The SMILES string of the molecule is COc1ccc(C[C@H](N)C(=O)N2CCC3(CC2)CC(=O)N(CC(C)C)C3)cc1.Cl. The molecule has 2 aliphatic rings. The molecule has 2 saturated heterocycles. The Hall–Kier alpha value is -1.79. The van der Waals surface area contributed by atoms with Crippen molar-refractivity contribution in [2.75, 3.05) is 33.3 Å². The van der Waals surface area contributed by atoms with Crippen molar-refractivity contribution in [3.63, 3.8) is 0 Å². The topological polar surface area (TPSA) is 75.9 Å². The largest absolute Gasteiger partial charge is 0.497 e. The lowest BCUT2D eigenvalue weighted by Crippen LogP contribution is -2.50. The number of likely N-dealkylation sites (tertiary alicyclic amines) is 2. The summed E-state index contributed by atoms with van der Waals surface area (Å²) < 4.78 is 5.16. The zero-order valence-corrected chi connectivity index (χ0v) is 18.5. The Balaban J connectivity index is 0.00000300. The van der Waals surface area contributed by atoms with Gasteiger partial charge in [-0.05, 0) is 42.9 Å². The number of nitrogens with two attached hydrogens (primary N) is 1. The second-order valence-corrected chi connectivity index (χ2v) is 8.83. The van der Waals surface area contributed by atoms with Gasteiger partial charge >= 0.3 is 0 Å². The quantitative estimate of drug-likeness (QED) is 0.762. The van der Waals surface area contributed by atoms with Crippen molar-refractivity contribution >= 4 is 24.2 Å². The lowest BCUT2D eigenvalue weighted by molar-refractivity contribution is -0.134. The van der Waals surface area contributed by atoms with E-state index in [1.165, 1.54) is 0 Å². The Bertz CT molecular complexity index is 700. The van der Waals surface area contributed by atoms with Crippen molar-refractivity contribution in [2.24, 2.45) is 17.1 Å². The average molecular weight is 424 g/mol. The molecule has 6 nitrogen and oxygen atoms in total. The van der Waals surface area contributed by atoms with Gasteiger partial charge in [0, 0.05) is 38.0 Å². The fourth-order valence-electron chi connectivity index (χ4n) is 4.46. The monoisotopic (exact) mass is 423 g/mol. The van der Waals surface area contributed by atoms with Gasteiger partial charge in [-0.2, -0.15) is 0 Å². The maximum absolute atomic E-state index is 12.8. The zero-order valence-electron chi connectivity index (χ0n) is 17.7. The maximum atomic E-state index is 12.8. The molecule has 1 atom stereocenters. The Kier molecular flexibility index (Phi) is 7.94. The lowest BCUT2D eigenvalue weighted by Gasteiger charge is -2.39. The van der Waals surface area contributed by atoms with Gasteiger partial charge in [0.2, 0.25) is 11.8 Å². The number of rotatable bonds is 6. The number of halogens is 1. The molecule has 162 valence electrons. The second-order valence-electron chi connectivity index (χ2n) is 8.83. The average Bonchev–Trinajstić information content (AvgIpc) is 2.96. The predicted octanol–water partition coefficient (Wildman–Crippen LogP) is 2.48. The summed E-state index contributed by atoms with van der Waals surface area (Å²) in [5, 5.41) is 0. The van der Waals surface area contributed by atoms with Crippen LogP contribution in [0.5, 0.6) is 5.75 Å². The molecule has 2 fully saturated rings. The Morgan fingerprint density at radius 2 is 1.83 bits per heavy atom. The van der Waals surface area contributed by atoms with Crippen LogP contribution in [0.1, 0.15) is 38.7 Å². The van der Waals surface area contributed by atoms with E-state index in [1.807, 2.05) is 34.1 Å². The molecule has 3 rings (SSSR count). The van der Waals surface area contributed by atoms with Crippen LogP contribution in [0.4, 0.5) is 0 Å². The highest BCUT2D eigenvalue weighted by molar-refractivity contribution is 5.85. The molecule has 29 heavy (non-hydrogen) atoms. The number of amides is 2. The molecule has 7 heteroatoms. The number of methoxy groups -OCH3 is 1. The van der Waals surface area contributed by atoms with Gasteiger partial charge in [-0.3, -0.25) is 9.59 Å². The van der Waals surface area contributed by atoms with Gasteiger partial charge < -0.3 is 20.3 Å². The molecule has 0 aliphatic carbocycles. The summed E-state index contributed by atoms with van der Waals surface area (Å²) in [6.07, 6.45) is 2.91. The van der Waals surface area contributed by atoms with Gasteiger partial charge in [-0.15, -0.1) is 12.4 Å². The van der Waals surface area contributed by atoms with Gasteiger partial charge in [0.1, 0.15) is 5.75 Å². The van der Waals surface area contributed by atoms with E-state index in [0.717, 1.165) is 37.2 Å². The van der Waals surface area contributed by atoms with Crippen molar-refractivity contribution < 1.29 is 14.3 Å². The summed E-state index contributed by atoms with van der Waals surface area (Å²) in [6.45, 7) is 7.34. The normalized spacial score (nSPS) is 19.4. The van der Waals surface area contributed by atoms with E-state index in [2.05, 4.69) is 13.8 Å². The number of hydrogen-bond acceptors (Lipinski definition) is 4. The summed E-state index contributed by atoms with van der Waals surface area (Å²) in [5.41, 5.74) is 7.28. The molecule has 1 aromatic rings. The second kappa shape index (κ2) is 9.81. The summed E-state index contributed by atoms with van der Waals surface area (Å²) in [4.78, 5) is 29.1. The number of hydrogen-bond donors (Lipinski definition) is 1. The number of benzene rings is 1. The molecular weight excluding hydrogens is 390 g/mol. The molecule has 0 bridgehead atoms. The molecule has 0 radical (unpaired) electrons. The first-order valence-corrected chi connectivity index (χ1v) is 10.3. The third-order valence-electron chi connectivity index (χ3n) is 6.06. The van der Waals surface area contributed by atoms with Crippen LogP contribution >= 0.6 is 12.4 Å². The molecule has 0 unspecified atom stereocenters. The van der Waals surface area contributed by atoms with E-state index in [-0.39, 0.29) is 29.6 Å². The minimum atomic E-state index is -0.537. The van der Waals surface area contributed by atoms with E-state index in [4.69, 9.17) is 10.5 Å². The van der Waals surface area contributed by atoms with E-state index >= 15 is 0 Å². The van der Waals surface area contributed by atoms with Crippen LogP contribution in [0.3, 0.4) is 0 Å². The Morgan fingerprint density at radius 1 is 1.21 bits per heavy atom. The fourth-order valence-corrected chi connectivity index (χ4v) is 4.46. The smallest absolute Gasteiger partial charge is 0.239 e. The fraction of sp³-hybridized carbons (Fsp3) is 0.636. The van der Waals surface area contributed by atoms with Gasteiger partial charge in [-0.1, -0.05) is 26.0 Å². The van der Waals surface area contributed by atoms with Crippen LogP contribution in [0.15, 0.2) is 24.3 Å². The summed E-state index contributed by atoms with van der Waals surface area (Å²) in [5.74, 6) is 1.55. The zero-order chi connectivity index (χ0) is 20.3. The molecular formula is C22H34ClN3O3. The Morgan fingerprint density at radius 3 is 2.38 bits per heavy atom. The summed E-state index contributed by atoms with van der Waals surface area (Å²) in [7, 11) is 1.63. The van der Waals surface area contributed by atoms with E-state index in [0.29, 0.717) is 31.8 Å². The van der Waals surface area contributed by atoms with Crippen molar-refractivity contribution in [3.05, 3.63) is 29.8 Å². The van der Waals surface area contributed by atoms with Crippen LogP contribution in [0.25, 0.3) is 0 Å². The first-order valence-electron chi connectivity index (χ1n) is 10.3. The molecule has 1 spiro atoms. The van der Waals surface area contributed by atoms with Crippen LogP contribution in [0.2, 0.25) is 0 Å². The van der Waals surface area contributed by atoms with Crippen LogP contribution in [-0.4, -0.2) is 60.9 Å². The third kappa shape index (κ3) is 5.64. The highest BCUT2D eigenvalue weighted by Gasteiger charge is 2.45. The highest BCUT2D eigenvalue weighted by Crippen LogP contribution is 2.41. The molecule has 2 heterocycles. The molecule has 2 amide bonds. The predicted molar refractivity (Wildman–Crippen MR) is 116 cm³/mol. The standard InChI is InChI=1S/C22H33N3O3.ClH/c1-16(2)14-25-15-22(13-20(25)26)8-10-24(11-9-22)21(27)19(23)12-17-4-6-18(28-3)7-5-17;/h4-7,16,19H,8-15,23H2,1-3H3;1H/t19-;/m0./s1. The van der Waals surface area contributed by atoms with Crippen LogP contribution in [0, 0.1) is 11.3 Å². The minimum Gasteiger partial charge on any atom is -0.497 e. The third-order valence-corrected chi connectivity index (χ3v) is 6.06. The van der Waals surface area contributed by atoms with Crippen molar-refractivity contribution in [2.45, 2.75) is 45.6 Å². The van der Waals surface area contributed by atoms with Gasteiger partial charge in [0.05, 0.1) is 13.2 Å². The number of nitrogens with zero attached hydrogens (tertiary/aromatic N) is 2. The van der Waals surface area contributed by atoms with Crippen molar-refractivity contribution in [1.29, 1.82) is 0 Å². The molecule has 2 aliphatic heterocycles. The van der Waals surface area contributed by atoms with Gasteiger partial charge in [0.15, 0.2) is 0 Å². The lowest BCUT2D eigenvalue weighted by atomic mass is 9.77. The number of carbonyl (C=O) groups excluding carboxylic acids is 2.